The Bertz CT molecular complexity index is 1030. The second-order valence-electron chi connectivity index (χ2n) is 9.21. The summed E-state index contributed by atoms with van der Waals surface area (Å²) in [6.45, 7) is 9.02. The van der Waals surface area contributed by atoms with E-state index in [1.54, 1.807) is 16.5 Å². The zero-order valence-electron chi connectivity index (χ0n) is 20.8. The van der Waals surface area contributed by atoms with Gasteiger partial charge in [-0.1, -0.05) is 30.3 Å². The van der Waals surface area contributed by atoms with Crippen molar-refractivity contribution < 1.29 is 28.6 Å². The third-order valence-corrected chi connectivity index (χ3v) is 5.25. The van der Waals surface area contributed by atoms with Crippen LogP contribution in [0.3, 0.4) is 0 Å². The predicted octanol–water partition coefficient (Wildman–Crippen LogP) is 3.67. The molecule has 0 unspecified atom stereocenters. The predicted molar refractivity (Wildman–Crippen MR) is 128 cm³/mol. The Kier molecular flexibility index (Phi) is 8.73. The van der Waals surface area contributed by atoms with Crippen LogP contribution < -0.4 is 5.32 Å². The van der Waals surface area contributed by atoms with E-state index < -0.39 is 23.8 Å². The van der Waals surface area contributed by atoms with Crippen LogP contribution in [0.1, 0.15) is 61.4 Å². The molecule has 0 bridgehead atoms. The molecule has 2 aromatic rings. The molecule has 0 radical (unpaired) electrons. The summed E-state index contributed by atoms with van der Waals surface area (Å²) in [6, 6.07) is 9.43. The first-order valence-corrected chi connectivity index (χ1v) is 11.9. The molecular weight excluding hydrogens is 452 g/mol. The summed E-state index contributed by atoms with van der Waals surface area (Å²) in [5.41, 5.74) is 2.07. The number of fused-ring (bicyclic) bond motifs is 1. The van der Waals surface area contributed by atoms with Crippen molar-refractivity contribution in [3.05, 3.63) is 52.8 Å². The minimum absolute atomic E-state index is 0.194. The van der Waals surface area contributed by atoms with Gasteiger partial charge in [0.2, 0.25) is 0 Å². The Morgan fingerprint density at radius 3 is 2.54 bits per heavy atom. The molecule has 10 heteroatoms. The summed E-state index contributed by atoms with van der Waals surface area (Å²) >= 11 is 0. The van der Waals surface area contributed by atoms with Crippen molar-refractivity contribution in [3.8, 4) is 0 Å². The van der Waals surface area contributed by atoms with Crippen molar-refractivity contribution in [1.29, 1.82) is 0 Å². The molecule has 1 aliphatic heterocycles. The molecule has 2 amide bonds. The Morgan fingerprint density at radius 1 is 1.11 bits per heavy atom. The topological polar surface area (TPSA) is 112 Å². The number of nitrogens with one attached hydrogen (secondary N) is 1. The van der Waals surface area contributed by atoms with Gasteiger partial charge in [0.05, 0.1) is 18.8 Å². The molecule has 1 N–H and O–H groups in total. The van der Waals surface area contributed by atoms with Gasteiger partial charge in [-0.25, -0.2) is 14.4 Å². The van der Waals surface area contributed by atoms with Crippen LogP contribution in [0, 0.1) is 0 Å². The zero-order chi connectivity index (χ0) is 25.4. The summed E-state index contributed by atoms with van der Waals surface area (Å²) < 4.78 is 17.6. The number of alkyl carbamates (subject to hydrolysis) is 1. The summed E-state index contributed by atoms with van der Waals surface area (Å²) in [7, 11) is 0. The first-order chi connectivity index (χ1) is 16.7. The fourth-order valence-electron chi connectivity index (χ4n) is 3.69. The maximum atomic E-state index is 12.8. The molecular formula is C25H34N4O6. The minimum atomic E-state index is -0.610. The van der Waals surface area contributed by atoms with Crippen LogP contribution in [0.25, 0.3) is 0 Å². The molecule has 1 aromatic carbocycles. The number of esters is 1. The van der Waals surface area contributed by atoms with E-state index in [1.165, 1.54) is 0 Å². The van der Waals surface area contributed by atoms with Gasteiger partial charge in [0.15, 0.2) is 5.69 Å². The number of carbonyl (C=O) groups excluding carboxylic acids is 3. The molecule has 0 spiro atoms. The number of hydrogen-bond donors (Lipinski definition) is 1. The van der Waals surface area contributed by atoms with Crippen LogP contribution in [0.4, 0.5) is 9.59 Å². The summed E-state index contributed by atoms with van der Waals surface area (Å²) in [4.78, 5) is 38.9. The summed E-state index contributed by atoms with van der Waals surface area (Å²) in [5, 5.41) is 7.32. The highest BCUT2D eigenvalue weighted by atomic mass is 16.6. The molecule has 35 heavy (non-hydrogen) atoms. The molecule has 190 valence electrons. The van der Waals surface area contributed by atoms with Crippen LogP contribution in [0.2, 0.25) is 0 Å². The lowest BCUT2D eigenvalue weighted by molar-refractivity contribution is 0.0219. The fraction of sp³-hybridized carbons (Fsp3) is 0.520. The molecule has 10 nitrogen and oxygen atoms in total. The molecule has 1 aliphatic rings. The normalized spacial score (nSPS) is 13.1. The van der Waals surface area contributed by atoms with E-state index in [0.29, 0.717) is 43.7 Å². The van der Waals surface area contributed by atoms with Crippen molar-refractivity contribution in [3.63, 3.8) is 0 Å². The summed E-state index contributed by atoms with van der Waals surface area (Å²) in [5.74, 6) is -0.484. The molecule has 0 saturated carbocycles. The lowest BCUT2D eigenvalue weighted by Crippen LogP contribution is -2.40. The van der Waals surface area contributed by atoms with Crippen molar-refractivity contribution in [2.45, 2.75) is 65.8 Å². The molecule has 0 atom stereocenters. The van der Waals surface area contributed by atoms with E-state index in [9.17, 15) is 14.4 Å². The zero-order valence-corrected chi connectivity index (χ0v) is 20.8. The number of carbonyl (C=O) groups is 3. The standard InChI is InChI=1S/C25H34N4O6/c1-5-33-22(30)21-19-16-28(24(32)35-25(2,3)4)15-12-20(19)27-29(21)14-9-13-26-23(31)34-17-18-10-7-6-8-11-18/h6-8,10-11H,5,9,12-17H2,1-4H3,(H,26,31). The Balaban J connectivity index is 1.60. The number of aryl methyl sites for hydroxylation is 1. The number of aromatic nitrogens is 2. The van der Waals surface area contributed by atoms with Gasteiger partial charge in [-0.2, -0.15) is 5.10 Å². The number of hydrogen-bond acceptors (Lipinski definition) is 7. The molecule has 1 aromatic heterocycles. The number of rotatable bonds is 8. The number of nitrogens with zero attached hydrogens (tertiary/aromatic N) is 3. The third kappa shape index (κ3) is 7.46. The second kappa shape index (κ2) is 11.7. The van der Waals surface area contributed by atoms with Gasteiger partial charge >= 0.3 is 18.2 Å². The molecule has 0 fully saturated rings. The van der Waals surface area contributed by atoms with Gasteiger partial charge in [0.1, 0.15) is 12.2 Å². The van der Waals surface area contributed by atoms with Crippen LogP contribution >= 0.6 is 0 Å². The average Bonchev–Trinajstić information content (AvgIpc) is 3.18. The molecule has 2 heterocycles. The van der Waals surface area contributed by atoms with Crippen molar-refractivity contribution in [2.24, 2.45) is 0 Å². The average molecular weight is 487 g/mol. The monoisotopic (exact) mass is 486 g/mol. The van der Waals surface area contributed by atoms with Crippen LogP contribution in [0.5, 0.6) is 0 Å². The number of amides is 2. The maximum absolute atomic E-state index is 12.8. The lowest BCUT2D eigenvalue weighted by atomic mass is 10.1. The quantitative estimate of drug-likeness (QED) is 0.344. The van der Waals surface area contributed by atoms with E-state index in [4.69, 9.17) is 14.2 Å². The second-order valence-corrected chi connectivity index (χ2v) is 9.21. The highest BCUT2D eigenvalue weighted by molar-refractivity contribution is 5.90. The Morgan fingerprint density at radius 2 is 1.86 bits per heavy atom. The van der Waals surface area contributed by atoms with Gasteiger partial charge in [-0.15, -0.1) is 0 Å². The van der Waals surface area contributed by atoms with Crippen molar-refractivity contribution in [1.82, 2.24) is 20.0 Å². The largest absolute Gasteiger partial charge is 0.461 e. The van der Waals surface area contributed by atoms with Gasteiger partial charge in [0.25, 0.3) is 0 Å². The van der Waals surface area contributed by atoms with Crippen LogP contribution in [-0.2, 0) is 40.3 Å². The van der Waals surface area contributed by atoms with Crippen LogP contribution in [-0.4, -0.2) is 58.1 Å². The molecule has 0 saturated heterocycles. The first-order valence-electron chi connectivity index (χ1n) is 11.9. The van der Waals surface area contributed by atoms with Gasteiger partial charge in [-0.3, -0.25) is 4.68 Å². The van der Waals surface area contributed by atoms with Crippen molar-refractivity contribution >= 4 is 18.2 Å². The Labute approximate surface area is 205 Å². The minimum Gasteiger partial charge on any atom is -0.461 e. The lowest BCUT2D eigenvalue weighted by Gasteiger charge is -2.29. The van der Waals surface area contributed by atoms with E-state index in [0.717, 1.165) is 11.3 Å². The third-order valence-electron chi connectivity index (χ3n) is 5.25. The van der Waals surface area contributed by atoms with Gasteiger partial charge < -0.3 is 24.4 Å². The fourth-order valence-corrected chi connectivity index (χ4v) is 3.69. The van der Waals surface area contributed by atoms with Gasteiger partial charge in [0, 0.05) is 31.6 Å². The van der Waals surface area contributed by atoms with Crippen molar-refractivity contribution in [2.75, 3.05) is 19.7 Å². The molecule has 0 aliphatic carbocycles. The number of benzene rings is 1. The van der Waals surface area contributed by atoms with Gasteiger partial charge in [-0.05, 0) is 39.7 Å². The smallest absolute Gasteiger partial charge is 0.410 e. The van der Waals surface area contributed by atoms with E-state index in [2.05, 4.69) is 10.4 Å². The van der Waals surface area contributed by atoms with Crippen LogP contribution in [0.15, 0.2) is 30.3 Å². The summed E-state index contributed by atoms with van der Waals surface area (Å²) in [6.07, 6.45) is 0.109. The van der Waals surface area contributed by atoms with E-state index in [1.807, 2.05) is 51.1 Å². The SMILES string of the molecule is CCOC(=O)c1c2c(nn1CCCNC(=O)OCc1ccccc1)CCN(C(=O)OC(C)(C)C)C2. The first kappa shape index (κ1) is 26.1. The maximum Gasteiger partial charge on any atom is 0.410 e. The van der Waals surface area contributed by atoms with E-state index >= 15 is 0 Å². The highest BCUT2D eigenvalue weighted by Crippen LogP contribution is 2.25. The Hall–Kier alpha value is -3.56. The molecule has 3 rings (SSSR count). The highest BCUT2D eigenvalue weighted by Gasteiger charge is 2.32. The van der Waals surface area contributed by atoms with E-state index in [-0.39, 0.29) is 19.8 Å². The number of ether oxygens (including phenoxy) is 3.